The Kier molecular flexibility index (Phi) is 6.46. The Hall–Kier alpha value is -3.54. The third-order valence-electron chi connectivity index (χ3n) is 4.03. The van der Waals surface area contributed by atoms with Crippen LogP contribution >= 0.6 is 0 Å². The van der Waals surface area contributed by atoms with Gasteiger partial charge in [-0.2, -0.15) is 0 Å². The fraction of sp³-hybridized carbons (Fsp3) is 0.182. The number of nitrogens with one attached hydrogen (secondary N) is 2. The molecule has 0 unspecified atom stereocenters. The van der Waals surface area contributed by atoms with Crippen molar-refractivity contribution in [3.8, 4) is 11.5 Å². The molecule has 3 aromatic carbocycles. The van der Waals surface area contributed by atoms with Gasteiger partial charge in [0.1, 0.15) is 0 Å². The summed E-state index contributed by atoms with van der Waals surface area (Å²) in [5.74, 6) is 0.275. The van der Waals surface area contributed by atoms with Gasteiger partial charge in [0.2, 0.25) is 5.91 Å². The van der Waals surface area contributed by atoms with Gasteiger partial charge in [-0.1, -0.05) is 54.6 Å². The van der Waals surface area contributed by atoms with Crippen LogP contribution in [-0.4, -0.2) is 25.0 Å². The molecular formula is C22H22N2O4. The minimum absolute atomic E-state index is 0.166. The van der Waals surface area contributed by atoms with Crippen LogP contribution in [0.1, 0.15) is 12.5 Å². The lowest BCUT2D eigenvalue weighted by molar-refractivity contribution is -0.129. The lowest BCUT2D eigenvalue weighted by Gasteiger charge is -2.12. The van der Waals surface area contributed by atoms with Crippen molar-refractivity contribution in [1.29, 1.82) is 0 Å². The molecular weight excluding hydrogens is 356 g/mol. The maximum Gasteiger partial charge on any atom is 0.276 e. The summed E-state index contributed by atoms with van der Waals surface area (Å²) in [5, 5.41) is 2.18. The highest BCUT2D eigenvalue weighted by Crippen LogP contribution is 2.26. The Morgan fingerprint density at radius 1 is 0.786 bits per heavy atom. The molecule has 144 valence electrons. The number of carbonyl (C=O) groups excluding carboxylic acids is 2. The van der Waals surface area contributed by atoms with Gasteiger partial charge in [0.25, 0.3) is 5.91 Å². The first kappa shape index (κ1) is 19.2. The molecule has 3 rings (SSSR count). The highest BCUT2D eigenvalue weighted by Gasteiger charge is 2.09. The van der Waals surface area contributed by atoms with Gasteiger partial charge >= 0.3 is 0 Å². The molecule has 0 atom stereocenters. The van der Waals surface area contributed by atoms with E-state index in [-0.39, 0.29) is 18.9 Å². The number of hydrogen-bond donors (Lipinski definition) is 2. The van der Waals surface area contributed by atoms with E-state index in [1.54, 1.807) is 18.2 Å². The minimum Gasteiger partial charge on any atom is -0.490 e. The fourth-order valence-corrected chi connectivity index (χ4v) is 2.74. The van der Waals surface area contributed by atoms with E-state index in [0.717, 1.165) is 16.3 Å². The maximum atomic E-state index is 12.1. The molecule has 3 aromatic rings. The second kappa shape index (κ2) is 9.41. The summed E-state index contributed by atoms with van der Waals surface area (Å²) in [6.45, 7) is 2.13. The number of rotatable bonds is 7. The molecule has 0 fully saturated rings. The number of benzene rings is 3. The summed E-state index contributed by atoms with van der Waals surface area (Å²) in [6, 6.07) is 20.9. The van der Waals surface area contributed by atoms with Crippen LogP contribution in [0, 0.1) is 0 Å². The third-order valence-corrected chi connectivity index (χ3v) is 4.03. The SMILES string of the molecule is CCOc1ccccc1OCC(=O)NNC(=O)Cc1ccc2ccccc2c1. The zero-order chi connectivity index (χ0) is 19.8. The number of hydrazine groups is 1. The summed E-state index contributed by atoms with van der Waals surface area (Å²) in [5.41, 5.74) is 5.63. The van der Waals surface area contributed by atoms with Crippen molar-refractivity contribution >= 4 is 22.6 Å². The van der Waals surface area contributed by atoms with Gasteiger partial charge in [0.05, 0.1) is 13.0 Å². The molecule has 0 aliphatic heterocycles. The molecule has 6 heteroatoms. The molecule has 0 aliphatic carbocycles. The Morgan fingerprint density at radius 3 is 2.18 bits per heavy atom. The quantitative estimate of drug-likeness (QED) is 0.620. The van der Waals surface area contributed by atoms with Gasteiger partial charge in [0.15, 0.2) is 18.1 Å². The van der Waals surface area contributed by atoms with Crippen LogP contribution in [0.2, 0.25) is 0 Å². The Bertz CT molecular complexity index is 971. The Labute approximate surface area is 163 Å². The summed E-state index contributed by atoms with van der Waals surface area (Å²) in [6.07, 6.45) is 0.166. The van der Waals surface area contributed by atoms with E-state index in [2.05, 4.69) is 10.9 Å². The van der Waals surface area contributed by atoms with Crippen LogP contribution in [0.3, 0.4) is 0 Å². The lowest BCUT2D eigenvalue weighted by atomic mass is 10.1. The van der Waals surface area contributed by atoms with Crippen LogP contribution in [0.15, 0.2) is 66.7 Å². The van der Waals surface area contributed by atoms with Crippen molar-refractivity contribution in [3.63, 3.8) is 0 Å². The van der Waals surface area contributed by atoms with Gasteiger partial charge in [0, 0.05) is 0 Å². The molecule has 2 N–H and O–H groups in total. The first-order valence-corrected chi connectivity index (χ1v) is 9.05. The molecule has 0 aliphatic rings. The van der Waals surface area contributed by atoms with Gasteiger partial charge in [-0.05, 0) is 35.4 Å². The van der Waals surface area contributed by atoms with Gasteiger partial charge < -0.3 is 9.47 Å². The molecule has 2 amide bonds. The normalized spacial score (nSPS) is 10.3. The van der Waals surface area contributed by atoms with Gasteiger partial charge in [-0.3, -0.25) is 20.4 Å². The largest absolute Gasteiger partial charge is 0.490 e. The molecule has 0 saturated heterocycles. The predicted octanol–water partition coefficient (Wildman–Crippen LogP) is 3.01. The van der Waals surface area contributed by atoms with Crippen molar-refractivity contribution in [3.05, 3.63) is 72.3 Å². The molecule has 0 bridgehead atoms. The van der Waals surface area contributed by atoms with E-state index in [0.29, 0.717) is 18.1 Å². The Morgan fingerprint density at radius 2 is 1.43 bits per heavy atom. The van der Waals surface area contributed by atoms with Crippen molar-refractivity contribution in [2.75, 3.05) is 13.2 Å². The lowest BCUT2D eigenvalue weighted by Crippen LogP contribution is -2.44. The Balaban J connectivity index is 1.47. The van der Waals surface area contributed by atoms with E-state index in [1.165, 1.54) is 0 Å². The van der Waals surface area contributed by atoms with Crippen LogP contribution in [0.4, 0.5) is 0 Å². The predicted molar refractivity (Wildman–Crippen MR) is 107 cm³/mol. The van der Waals surface area contributed by atoms with E-state index in [9.17, 15) is 9.59 Å². The zero-order valence-electron chi connectivity index (χ0n) is 15.6. The van der Waals surface area contributed by atoms with E-state index >= 15 is 0 Å². The maximum absolute atomic E-state index is 12.1. The number of para-hydroxylation sites is 2. The third kappa shape index (κ3) is 5.23. The average Bonchev–Trinajstić information content (AvgIpc) is 2.72. The smallest absolute Gasteiger partial charge is 0.276 e. The monoisotopic (exact) mass is 378 g/mol. The van der Waals surface area contributed by atoms with Crippen molar-refractivity contribution in [2.45, 2.75) is 13.3 Å². The van der Waals surface area contributed by atoms with E-state index < -0.39 is 5.91 Å². The fourth-order valence-electron chi connectivity index (χ4n) is 2.74. The summed E-state index contributed by atoms with van der Waals surface area (Å²) in [4.78, 5) is 24.0. The minimum atomic E-state index is -0.460. The highest BCUT2D eigenvalue weighted by atomic mass is 16.5. The summed E-state index contributed by atoms with van der Waals surface area (Å²) < 4.78 is 10.9. The van der Waals surface area contributed by atoms with Crippen LogP contribution in [0.5, 0.6) is 11.5 Å². The molecule has 0 radical (unpaired) electrons. The van der Waals surface area contributed by atoms with Crippen molar-refractivity contribution in [2.24, 2.45) is 0 Å². The van der Waals surface area contributed by atoms with Crippen LogP contribution in [-0.2, 0) is 16.0 Å². The highest BCUT2D eigenvalue weighted by molar-refractivity contribution is 5.86. The first-order chi connectivity index (χ1) is 13.7. The topological polar surface area (TPSA) is 76.7 Å². The number of amides is 2. The molecule has 0 heterocycles. The number of carbonyl (C=O) groups is 2. The number of hydrogen-bond acceptors (Lipinski definition) is 4. The number of fused-ring (bicyclic) bond motifs is 1. The molecule has 0 saturated carbocycles. The van der Waals surface area contributed by atoms with E-state index in [4.69, 9.17) is 9.47 Å². The zero-order valence-corrected chi connectivity index (χ0v) is 15.6. The second-order valence-electron chi connectivity index (χ2n) is 6.12. The molecule has 0 spiro atoms. The first-order valence-electron chi connectivity index (χ1n) is 9.05. The molecule has 28 heavy (non-hydrogen) atoms. The van der Waals surface area contributed by atoms with Gasteiger partial charge in [-0.15, -0.1) is 0 Å². The summed E-state index contributed by atoms with van der Waals surface area (Å²) in [7, 11) is 0. The van der Waals surface area contributed by atoms with E-state index in [1.807, 2.05) is 55.5 Å². The number of ether oxygens (including phenoxy) is 2. The van der Waals surface area contributed by atoms with Crippen LogP contribution in [0.25, 0.3) is 10.8 Å². The summed E-state index contributed by atoms with van der Waals surface area (Å²) >= 11 is 0. The second-order valence-corrected chi connectivity index (χ2v) is 6.12. The molecule has 6 nitrogen and oxygen atoms in total. The van der Waals surface area contributed by atoms with Crippen molar-refractivity contribution < 1.29 is 19.1 Å². The van der Waals surface area contributed by atoms with Gasteiger partial charge in [-0.25, -0.2) is 0 Å². The standard InChI is InChI=1S/C22H22N2O4/c1-2-27-19-9-5-6-10-20(19)28-15-22(26)24-23-21(25)14-16-11-12-17-7-3-4-8-18(17)13-16/h3-13H,2,14-15H2,1H3,(H,23,25)(H,24,26). The van der Waals surface area contributed by atoms with Crippen LogP contribution < -0.4 is 20.3 Å². The average molecular weight is 378 g/mol. The van der Waals surface area contributed by atoms with Crippen molar-refractivity contribution in [1.82, 2.24) is 10.9 Å². The molecule has 0 aromatic heterocycles.